The number of rotatable bonds is 5. The quantitative estimate of drug-likeness (QED) is 0.167. The van der Waals surface area contributed by atoms with Crippen LogP contribution < -0.4 is 17.6 Å². The van der Waals surface area contributed by atoms with E-state index >= 15 is 0 Å². The van der Waals surface area contributed by atoms with Crippen LogP contribution in [0.5, 0.6) is 0 Å². The monoisotopic (exact) mass is 227 g/mol. The lowest BCUT2D eigenvalue weighted by Gasteiger charge is -2.31. The molecule has 0 aromatic carbocycles. The maximum atomic E-state index is 10.00. The molecule has 0 heterocycles. The molecule has 0 bridgehead atoms. The molecule has 0 aromatic rings. The number of aldehydes is 1. The first-order valence-electron chi connectivity index (χ1n) is 3.69. The van der Waals surface area contributed by atoms with Crippen molar-refractivity contribution in [2.45, 2.75) is 30.3 Å². The molecule has 12 N–H and O–H groups in total. The van der Waals surface area contributed by atoms with Crippen molar-refractivity contribution in [2.75, 3.05) is 0 Å². The van der Waals surface area contributed by atoms with E-state index in [2.05, 4.69) is 0 Å². The van der Waals surface area contributed by atoms with Crippen LogP contribution in [0.1, 0.15) is 0 Å². The normalized spacial score (nSPS) is 19.7. The van der Waals surface area contributed by atoms with E-state index in [4.69, 9.17) is 37.0 Å². The van der Waals surface area contributed by atoms with Crippen LogP contribution in [0.25, 0.3) is 0 Å². The molecule has 0 saturated carbocycles. The van der Waals surface area contributed by atoms with Crippen LogP contribution in [0.3, 0.4) is 0 Å². The summed E-state index contributed by atoms with van der Waals surface area (Å²) in [5.41, 5.74) is 9.60. The zero-order chi connectivity index (χ0) is 11.5. The average Bonchev–Trinajstić information content (AvgIpc) is 2.11. The molecule has 0 aliphatic heterocycles. The summed E-state index contributed by atoms with van der Waals surface area (Å²) in [6.45, 7) is 0. The third kappa shape index (κ3) is 4.59. The fraction of sp³-hybridized carbons (Fsp3) is 0.833. The van der Waals surface area contributed by atoms with Gasteiger partial charge in [-0.1, -0.05) is 0 Å². The largest absolute Gasteiger partial charge is 0.387 e. The first kappa shape index (κ1) is 16.8. The highest BCUT2D eigenvalue weighted by Gasteiger charge is 2.39. The minimum absolute atomic E-state index is 0. The Balaban J connectivity index is 0. The summed E-state index contributed by atoms with van der Waals surface area (Å²) in [6.07, 6.45) is -8.09. The van der Waals surface area contributed by atoms with Crippen LogP contribution in [0.15, 0.2) is 0 Å². The molecule has 9 nitrogen and oxygen atoms in total. The van der Waals surface area contributed by atoms with Crippen molar-refractivity contribution >= 4 is 6.29 Å². The summed E-state index contributed by atoms with van der Waals surface area (Å²) in [5, 5.41) is 44.7. The number of nitrogens with two attached hydrogens (primary N) is 2. The van der Waals surface area contributed by atoms with Crippen LogP contribution in [-0.4, -0.2) is 62.1 Å². The Morgan fingerprint density at radius 3 is 1.73 bits per heavy atom. The summed E-state index contributed by atoms with van der Waals surface area (Å²) in [7, 11) is 0. The Labute approximate surface area is 85.5 Å². The van der Waals surface area contributed by atoms with Gasteiger partial charge in [0.05, 0.1) is 0 Å². The minimum atomic E-state index is -2.64. The average molecular weight is 227 g/mol. The lowest BCUT2D eigenvalue weighted by atomic mass is 10.0. The van der Waals surface area contributed by atoms with Gasteiger partial charge in [0.15, 0.2) is 12.1 Å². The van der Waals surface area contributed by atoms with E-state index in [1.165, 1.54) is 0 Å². The van der Waals surface area contributed by atoms with E-state index in [1.54, 1.807) is 0 Å². The van der Waals surface area contributed by atoms with Gasteiger partial charge in [-0.2, -0.15) is 0 Å². The van der Waals surface area contributed by atoms with Crippen molar-refractivity contribution in [2.24, 2.45) is 11.5 Å². The Morgan fingerprint density at radius 2 is 1.47 bits per heavy atom. The lowest BCUT2D eigenvalue weighted by Crippen LogP contribution is -2.65. The number of hydrogen-bond acceptors (Lipinski definition) is 9. The van der Waals surface area contributed by atoms with Gasteiger partial charge in [-0.15, -0.1) is 0 Å². The van der Waals surface area contributed by atoms with E-state index in [9.17, 15) is 4.79 Å². The highest BCUT2D eigenvalue weighted by atomic mass is 16.4. The molecule has 0 radical (unpaired) electrons. The van der Waals surface area contributed by atoms with Gasteiger partial charge in [0.2, 0.25) is 0 Å². The first-order valence-corrected chi connectivity index (χ1v) is 3.69. The summed E-state index contributed by atoms with van der Waals surface area (Å²) in [5.74, 6) is -2.64. The van der Waals surface area contributed by atoms with Gasteiger partial charge in [-0.05, 0) is 0 Å². The molecular formula is C6H17N3O6. The predicted molar refractivity (Wildman–Crippen MR) is 48.4 cm³/mol. The topological polar surface area (TPSA) is 205 Å². The van der Waals surface area contributed by atoms with Gasteiger partial charge in [-0.3, -0.25) is 11.5 Å². The zero-order valence-corrected chi connectivity index (χ0v) is 7.89. The van der Waals surface area contributed by atoms with Crippen LogP contribution in [0.2, 0.25) is 0 Å². The molecule has 0 aromatic heterocycles. The Hall–Kier alpha value is -0.650. The van der Waals surface area contributed by atoms with Crippen LogP contribution >= 0.6 is 0 Å². The molecule has 0 fully saturated rings. The molecule has 4 atom stereocenters. The molecule has 0 saturated heterocycles. The Bertz CT molecular complexity index is 196. The summed E-state index contributed by atoms with van der Waals surface area (Å²) in [6, 6.07) is 0. The molecule has 92 valence electrons. The standard InChI is InChI=1S/C6H14N2O6.H3N/c7-6(8,14)5(13)4(12)3(11)2(10)1-9;/h1-5,10-14H,7-8H2;1H3/t2-,3+,4-,5-;/m0./s1. The zero-order valence-electron chi connectivity index (χ0n) is 7.89. The third-order valence-electron chi connectivity index (χ3n) is 1.64. The van der Waals surface area contributed by atoms with Crippen molar-refractivity contribution in [1.29, 1.82) is 0 Å². The number of hydrogen-bond donors (Lipinski definition) is 8. The molecule has 0 unspecified atom stereocenters. The minimum Gasteiger partial charge on any atom is -0.387 e. The highest BCUT2D eigenvalue weighted by Crippen LogP contribution is 2.08. The van der Waals surface area contributed by atoms with Crippen molar-refractivity contribution in [3.05, 3.63) is 0 Å². The van der Waals surface area contributed by atoms with Crippen LogP contribution in [0.4, 0.5) is 0 Å². The summed E-state index contributed by atoms with van der Waals surface area (Å²) < 4.78 is 0. The van der Waals surface area contributed by atoms with Crippen molar-refractivity contribution < 1.29 is 30.3 Å². The van der Waals surface area contributed by atoms with E-state index in [0.29, 0.717) is 0 Å². The number of aliphatic hydroxyl groups excluding tert-OH is 4. The highest BCUT2D eigenvalue weighted by molar-refractivity contribution is 5.56. The number of aliphatic hydroxyl groups is 5. The van der Waals surface area contributed by atoms with Gasteiger partial charge >= 0.3 is 0 Å². The fourth-order valence-corrected chi connectivity index (χ4v) is 0.743. The first-order chi connectivity index (χ1) is 6.21. The fourth-order valence-electron chi connectivity index (χ4n) is 0.743. The lowest BCUT2D eigenvalue weighted by molar-refractivity contribution is -0.167. The van der Waals surface area contributed by atoms with Gasteiger partial charge < -0.3 is 36.5 Å². The molecule has 0 spiro atoms. The molecular weight excluding hydrogens is 210 g/mol. The third-order valence-corrected chi connectivity index (χ3v) is 1.64. The SMILES string of the molecule is N.NC(N)(O)[C@@H](O)[C@@H](O)[C@H](O)[C@@H](O)C=O. The van der Waals surface area contributed by atoms with Crippen LogP contribution in [0, 0.1) is 0 Å². The van der Waals surface area contributed by atoms with E-state index in [-0.39, 0.29) is 12.4 Å². The Kier molecular flexibility index (Phi) is 6.76. The molecule has 0 aliphatic rings. The Morgan fingerprint density at radius 1 is 1.07 bits per heavy atom. The molecule has 0 rings (SSSR count). The smallest absolute Gasteiger partial charge is 0.196 e. The maximum absolute atomic E-state index is 10.00. The van der Waals surface area contributed by atoms with E-state index in [1.807, 2.05) is 0 Å². The van der Waals surface area contributed by atoms with E-state index in [0.717, 1.165) is 0 Å². The predicted octanol–water partition coefficient (Wildman–Crippen LogP) is -4.65. The second-order valence-corrected chi connectivity index (χ2v) is 2.94. The summed E-state index contributed by atoms with van der Waals surface area (Å²) >= 11 is 0. The number of carbonyl (C=O) groups excluding carboxylic acids is 1. The van der Waals surface area contributed by atoms with Crippen molar-refractivity contribution in [1.82, 2.24) is 6.15 Å². The van der Waals surface area contributed by atoms with Crippen molar-refractivity contribution in [3.63, 3.8) is 0 Å². The molecule has 0 amide bonds. The molecule has 9 heteroatoms. The second-order valence-electron chi connectivity index (χ2n) is 2.94. The van der Waals surface area contributed by atoms with E-state index < -0.39 is 30.3 Å². The van der Waals surface area contributed by atoms with Gasteiger partial charge in [0, 0.05) is 0 Å². The molecule has 0 aliphatic carbocycles. The number of carbonyl (C=O) groups is 1. The summed E-state index contributed by atoms with van der Waals surface area (Å²) in [4.78, 5) is 10.00. The molecule has 15 heavy (non-hydrogen) atoms. The van der Waals surface area contributed by atoms with Gasteiger partial charge in [0.25, 0.3) is 0 Å². The maximum Gasteiger partial charge on any atom is 0.196 e. The van der Waals surface area contributed by atoms with Gasteiger partial charge in [-0.25, -0.2) is 0 Å². The van der Waals surface area contributed by atoms with Crippen molar-refractivity contribution in [3.8, 4) is 0 Å². The van der Waals surface area contributed by atoms with Crippen LogP contribution in [-0.2, 0) is 4.79 Å². The second kappa shape index (κ2) is 6.05. The van der Waals surface area contributed by atoms with Gasteiger partial charge in [0.1, 0.15) is 24.4 Å².